The predicted molar refractivity (Wildman–Crippen MR) is 81.7 cm³/mol. The number of aromatic nitrogens is 3. The standard InChI is InChI=1S/C13H14FN5O2S/c1-7-3-4-10(9(14)5-7)16-11(20)6-22-13-18-17-8(2)12(21)19(13)15/h3-5H,6,15H2,1-2H3,(H,16,20). The van der Waals surface area contributed by atoms with Gasteiger partial charge in [-0.3, -0.25) is 9.59 Å². The molecule has 22 heavy (non-hydrogen) atoms. The second-order valence-electron chi connectivity index (χ2n) is 4.56. The number of nitrogens with two attached hydrogens (primary N) is 1. The molecular weight excluding hydrogens is 309 g/mol. The van der Waals surface area contributed by atoms with E-state index in [2.05, 4.69) is 15.5 Å². The number of aryl methyl sites for hydroxylation is 2. The van der Waals surface area contributed by atoms with E-state index in [-0.39, 0.29) is 22.3 Å². The monoisotopic (exact) mass is 323 g/mol. The summed E-state index contributed by atoms with van der Waals surface area (Å²) in [7, 11) is 0. The lowest BCUT2D eigenvalue weighted by Crippen LogP contribution is -2.32. The molecule has 0 spiro atoms. The second-order valence-corrected chi connectivity index (χ2v) is 5.51. The lowest BCUT2D eigenvalue weighted by molar-refractivity contribution is -0.113. The van der Waals surface area contributed by atoms with Crippen molar-refractivity contribution < 1.29 is 9.18 Å². The highest BCUT2D eigenvalue weighted by molar-refractivity contribution is 7.99. The second kappa shape index (κ2) is 6.56. The predicted octanol–water partition coefficient (Wildman–Crippen LogP) is 0.839. The van der Waals surface area contributed by atoms with Gasteiger partial charge in [0.05, 0.1) is 11.4 Å². The number of carbonyl (C=O) groups is 1. The molecule has 0 fully saturated rings. The Balaban J connectivity index is 2.01. The van der Waals surface area contributed by atoms with Crippen LogP contribution >= 0.6 is 11.8 Å². The summed E-state index contributed by atoms with van der Waals surface area (Å²) in [4.78, 5) is 23.4. The molecule has 0 saturated heterocycles. The molecule has 0 aliphatic heterocycles. The van der Waals surface area contributed by atoms with Crippen LogP contribution in [0.4, 0.5) is 10.1 Å². The first kappa shape index (κ1) is 16.0. The SMILES string of the molecule is Cc1ccc(NC(=O)CSc2nnc(C)c(=O)n2N)c(F)c1. The van der Waals surface area contributed by atoms with Crippen LogP contribution in [0.5, 0.6) is 0 Å². The van der Waals surface area contributed by atoms with Crippen molar-refractivity contribution in [1.82, 2.24) is 14.9 Å². The van der Waals surface area contributed by atoms with Crippen molar-refractivity contribution in [3.8, 4) is 0 Å². The molecule has 2 rings (SSSR count). The van der Waals surface area contributed by atoms with E-state index < -0.39 is 17.3 Å². The molecular formula is C13H14FN5O2S. The van der Waals surface area contributed by atoms with Crippen molar-refractivity contribution in [2.75, 3.05) is 16.9 Å². The van der Waals surface area contributed by atoms with Crippen LogP contribution in [-0.4, -0.2) is 26.5 Å². The minimum absolute atomic E-state index is 0.0816. The van der Waals surface area contributed by atoms with Crippen LogP contribution in [0.15, 0.2) is 28.2 Å². The van der Waals surface area contributed by atoms with E-state index in [1.54, 1.807) is 13.0 Å². The van der Waals surface area contributed by atoms with E-state index in [4.69, 9.17) is 5.84 Å². The topological polar surface area (TPSA) is 103 Å². The minimum Gasteiger partial charge on any atom is -0.334 e. The number of anilines is 1. The number of amides is 1. The van der Waals surface area contributed by atoms with Crippen LogP contribution in [0, 0.1) is 19.7 Å². The zero-order chi connectivity index (χ0) is 16.3. The van der Waals surface area contributed by atoms with E-state index in [1.165, 1.54) is 19.1 Å². The van der Waals surface area contributed by atoms with Gasteiger partial charge in [0.15, 0.2) is 0 Å². The Hall–Kier alpha value is -2.42. The molecule has 1 aromatic heterocycles. The zero-order valence-electron chi connectivity index (χ0n) is 12.0. The Kier molecular flexibility index (Phi) is 4.76. The number of halogens is 1. The number of rotatable bonds is 4. The molecule has 1 amide bonds. The molecule has 0 bridgehead atoms. The third-order valence-corrected chi connectivity index (χ3v) is 3.69. The van der Waals surface area contributed by atoms with Gasteiger partial charge in [-0.05, 0) is 31.5 Å². The van der Waals surface area contributed by atoms with Gasteiger partial charge in [-0.15, -0.1) is 10.2 Å². The normalized spacial score (nSPS) is 10.5. The molecule has 7 nitrogen and oxygen atoms in total. The van der Waals surface area contributed by atoms with Crippen LogP contribution < -0.4 is 16.7 Å². The molecule has 0 saturated carbocycles. The Labute approximate surface area is 129 Å². The van der Waals surface area contributed by atoms with E-state index >= 15 is 0 Å². The van der Waals surface area contributed by atoms with Crippen molar-refractivity contribution in [1.29, 1.82) is 0 Å². The third-order valence-electron chi connectivity index (χ3n) is 2.75. The third kappa shape index (κ3) is 3.61. The van der Waals surface area contributed by atoms with Gasteiger partial charge in [-0.1, -0.05) is 17.8 Å². The van der Waals surface area contributed by atoms with Crippen LogP contribution in [0.2, 0.25) is 0 Å². The fraction of sp³-hybridized carbons (Fsp3) is 0.231. The van der Waals surface area contributed by atoms with Crippen LogP contribution in [0.1, 0.15) is 11.3 Å². The fourth-order valence-corrected chi connectivity index (χ4v) is 2.26. The number of benzene rings is 1. The quantitative estimate of drug-likeness (QED) is 0.638. The lowest BCUT2D eigenvalue weighted by atomic mass is 10.2. The maximum absolute atomic E-state index is 13.6. The molecule has 116 valence electrons. The smallest absolute Gasteiger partial charge is 0.294 e. The van der Waals surface area contributed by atoms with Crippen molar-refractivity contribution in [3.05, 3.63) is 45.6 Å². The first-order chi connectivity index (χ1) is 10.4. The summed E-state index contributed by atoms with van der Waals surface area (Å²) in [6.45, 7) is 3.24. The summed E-state index contributed by atoms with van der Waals surface area (Å²) >= 11 is 0.936. The van der Waals surface area contributed by atoms with Gasteiger partial charge in [0.1, 0.15) is 11.5 Å². The summed E-state index contributed by atoms with van der Waals surface area (Å²) in [5.74, 6) is 4.52. The van der Waals surface area contributed by atoms with E-state index in [1.807, 2.05) is 0 Å². The van der Waals surface area contributed by atoms with Crippen LogP contribution in [0.3, 0.4) is 0 Å². The Morgan fingerprint density at radius 3 is 2.82 bits per heavy atom. The number of carbonyl (C=O) groups excluding carboxylic acids is 1. The highest BCUT2D eigenvalue weighted by atomic mass is 32.2. The largest absolute Gasteiger partial charge is 0.334 e. The average Bonchev–Trinajstić information content (AvgIpc) is 2.47. The number of hydrogen-bond donors (Lipinski definition) is 2. The number of nitrogen functional groups attached to an aromatic ring is 1. The van der Waals surface area contributed by atoms with Gasteiger partial charge < -0.3 is 11.2 Å². The van der Waals surface area contributed by atoms with Crippen molar-refractivity contribution in [3.63, 3.8) is 0 Å². The van der Waals surface area contributed by atoms with Gasteiger partial charge in [0.2, 0.25) is 11.1 Å². The first-order valence-electron chi connectivity index (χ1n) is 6.28. The molecule has 0 radical (unpaired) electrons. The maximum Gasteiger partial charge on any atom is 0.294 e. The van der Waals surface area contributed by atoms with E-state index in [0.717, 1.165) is 22.0 Å². The molecule has 1 aromatic carbocycles. The van der Waals surface area contributed by atoms with Gasteiger partial charge >= 0.3 is 0 Å². The van der Waals surface area contributed by atoms with Gasteiger partial charge in [0.25, 0.3) is 5.56 Å². The molecule has 3 N–H and O–H groups in total. The Morgan fingerprint density at radius 2 is 2.14 bits per heavy atom. The summed E-state index contributed by atoms with van der Waals surface area (Å²) in [5.41, 5.74) is 0.531. The fourth-order valence-electron chi connectivity index (χ4n) is 1.61. The summed E-state index contributed by atoms with van der Waals surface area (Å²) in [6, 6.07) is 4.50. The van der Waals surface area contributed by atoms with Crippen molar-refractivity contribution in [2.45, 2.75) is 19.0 Å². The average molecular weight is 323 g/mol. The maximum atomic E-state index is 13.6. The summed E-state index contributed by atoms with van der Waals surface area (Å²) in [6.07, 6.45) is 0. The number of nitrogens with zero attached hydrogens (tertiary/aromatic N) is 3. The Morgan fingerprint density at radius 1 is 1.41 bits per heavy atom. The number of hydrogen-bond acceptors (Lipinski definition) is 6. The molecule has 0 unspecified atom stereocenters. The zero-order valence-corrected chi connectivity index (χ0v) is 12.8. The van der Waals surface area contributed by atoms with Gasteiger partial charge in [-0.25, -0.2) is 4.39 Å². The van der Waals surface area contributed by atoms with Crippen LogP contribution in [-0.2, 0) is 4.79 Å². The van der Waals surface area contributed by atoms with E-state index in [9.17, 15) is 14.0 Å². The molecule has 0 atom stereocenters. The highest BCUT2D eigenvalue weighted by Gasteiger charge is 2.12. The molecule has 2 aromatic rings. The molecule has 0 aliphatic carbocycles. The van der Waals surface area contributed by atoms with E-state index in [0.29, 0.717) is 0 Å². The van der Waals surface area contributed by atoms with Crippen molar-refractivity contribution >= 4 is 23.4 Å². The number of thioether (sulfide) groups is 1. The molecule has 1 heterocycles. The summed E-state index contributed by atoms with van der Waals surface area (Å²) < 4.78 is 14.5. The van der Waals surface area contributed by atoms with Crippen LogP contribution in [0.25, 0.3) is 0 Å². The molecule has 9 heteroatoms. The van der Waals surface area contributed by atoms with Gasteiger partial charge in [0, 0.05) is 0 Å². The number of nitrogens with one attached hydrogen (secondary N) is 1. The molecule has 0 aliphatic rings. The lowest BCUT2D eigenvalue weighted by Gasteiger charge is -2.08. The summed E-state index contributed by atoms with van der Waals surface area (Å²) in [5, 5.41) is 9.94. The van der Waals surface area contributed by atoms with Crippen molar-refractivity contribution in [2.24, 2.45) is 0 Å². The highest BCUT2D eigenvalue weighted by Crippen LogP contribution is 2.17. The first-order valence-corrected chi connectivity index (χ1v) is 7.27. The Bertz CT molecular complexity index is 778. The van der Waals surface area contributed by atoms with Gasteiger partial charge in [-0.2, -0.15) is 4.68 Å². The minimum atomic E-state index is -0.510.